The molecule has 1 aliphatic carbocycles. The standard InChI is InChI=1S/C14H10F3NO2/c15-14(16,17)13(8-7-9-5-6-9)10-3-1-2-4-11(10)18-12(19)20-13/h1-4,9H,5-6H2,(H,18,19)/t13-/m0/s1/i1D,2D,3D,4D. The number of halogens is 3. The van der Waals surface area contributed by atoms with Crippen molar-refractivity contribution >= 4 is 11.8 Å². The number of carbonyl (C=O) groups is 1. The second kappa shape index (κ2) is 4.17. The first-order valence-corrected chi connectivity index (χ1v) is 5.78. The third-order valence-electron chi connectivity index (χ3n) is 2.94. The highest BCUT2D eigenvalue weighted by Crippen LogP contribution is 2.47. The van der Waals surface area contributed by atoms with Gasteiger partial charge in [0.15, 0.2) is 0 Å². The number of fused-ring (bicyclic) bond motifs is 1. The lowest BCUT2D eigenvalue weighted by Gasteiger charge is -2.35. The number of benzene rings is 1. The molecule has 1 aromatic rings. The van der Waals surface area contributed by atoms with E-state index in [4.69, 9.17) is 5.48 Å². The fraction of sp³-hybridized carbons (Fsp3) is 0.357. The van der Waals surface area contributed by atoms with E-state index in [1.165, 1.54) is 0 Å². The molecule has 104 valence electrons. The van der Waals surface area contributed by atoms with E-state index in [0.717, 1.165) is 0 Å². The van der Waals surface area contributed by atoms with Gasteiger partial charge in [0.25, 0.3) is 5.60 Å². The smallest absolute Gasteiger partial charge is 0.415 e. The number of para-hydroxylation sites is 1. The zero-order chi connectivity index (χ0) is 17.9. The van der Waals surface area contributed by atoms with Crippen molar-refractivity contribution in [3.63, 3.8) is 0 Å². The first kappa shape index (κ1) is 8.90. The molecule has 1 saturated carbocycles. The minimum atomic E-state index is -5.18. The minimum absolute atomic E-state index is 0.239. The molecular weight excluding hydrogens is 271 g/mol. The maximum absolute atomic E-state index is 13.8. The summed E-state index contributed by atoms with van der Waals surface area (Å²) in [6, 6.07) is -3.36. The van der Waals surface area contributed by atoms with Crippen LogP contribution in [-0.4, -0.2) is 12.3 Å². The van der Waals surface area contributed by atoms with Crippen LogP contribution in [0.25, 0.3) is 0 Å². The van der Waals surface area contributed by atoms with Crippen LogP contribution in [0.5, 0.6) is 0 Å². The van der Waals surface area contributed by atoms with E-state index in [0.29, 0.717) is 12.8 Å². The van der Waals surface area contributed by atoms with Crippen LogP contribution >= 0.6 is 0 Å². The van der Waals surface area contributed by atoms with Gasteiger partial charge in [0, 0.05) is 11.5 Å². The maximum atomic E-state index is 13.8. The van der Waals surface area contributed by atoms with Gasteiger partial charge in [-0.05, 0) is 24.8 Å². The van der Waals surface area contributed by atoms with Crippen LogP contribution in [0.1, 0.15) is 23.9 Å². The van der Waals surface area contributed by atoms with E-state index in [1.54, 1.807) is 0 Å². The number of nitrogens with one attached hydrogen (secondary N) is 1. The summed E-state index contributed by atoms with van der Waals surface area (Å²) in [4.78, 5) is 11.7. The molecule has 1 N–H and O–H groups in total. The highest BCUT2D eigenvalue weighted by Gasteiger charge is 2.61. The van der Waals surface area contributed by atoms with Gasteiger partial charge < -0.3 is 4.74 Å². The summed E-state index contributed by atoms with van der Waals surface area (Å²) < 4.78 is 76.6. The zero-order valence-electron chi connectivity index (χ0n) is 13.9. The first-order valence-electron chi connectivity index (χ1n) is 7.78. The summed E-state index contributed by atoms with van der Waals surface area (Å²) in [7, 11) is 0. The lowest BCUT2D eigenvalue weighted by Crippen LogP contribution is -2.49. The van der Waals surface area contributed by atoms with Crippen molar-refractivity contribution in [2.45, 2.75) is 24.6 Å². The molecule has 3 rings (SSSR count). The van der Waals surface area contributed by atoms with Crippen molar-refractivity contribution < 1.29 is 28.2 Å². The summed E-state index contributed by atoms with van der Waals surface area (Å²) in [6.45, 7) is 0. The summed E-state index contributed by atoms with van der Waals surface area (Å²) in [5, 5.41) is 1.93. The average Bonchev–Trinajstić information content (AvgIpc) is 3.31. The minimum Gasteiger partial charge on any atom is -0.415 e. The Hall–Kier alpha value is -2.16. The molecule has 0 aromatic heterocycles. The van der Waals surface area contributed by atoms with Crippen molar-refractivity contribution in [3.05, 3.63) is 29.7 Å². The van der Waals surface area contributed by atoms with Gasteiger partial charge in [0.1, 0.15) is 0 Å². The molecule has 1 amide bonds. The second-order valence-electron chi connectivity index (χ2n) is 4.49. The molecule has 20 heavy (non-hydrogen) atoms. The lowest BCUT2D eigenvalue weighted by molar-refractivity contribution is -0.239. The Balaban J connectivity index is 2.38. The van der Waals surface area contributed by atoms with Gasteiger partial charge >= 0.3 is 12.3 Å². The van der Waals surface area contributed by atoms with E-state index in [2.05, 4.69) is 10.7 Å². The summed E-state index contributed by atoms with van der Waals surface area (Å²) >= 11 is 0. The quantitative estimate of drug-likeness (QED) is 0.742. The number of cyclic esters (lactones) is 1. The van der Waals surface area contributed by atoms with E-state index in [-0.39, 0.29) is 5.92 Å². The van der Waals surface area contributed by atoms with Crippen LogP contribution in [0.2, 0.25) is 0 Å². The molecule has 3 nitrogen and oxygen atoms in total. The molecule has 2 aliphatic rings. The predicted octanol–water partition coefficient (Wildman–Crippen LogP) is 3.42. The maximum Gasteiger partial charge on any atom is 0.445 e. The van der Waals surface area contributed by atoms with E-state index in [9.17, 15) is 18.0 Å². The molecule has 1 heterocycles. The van der Waals surface area contributed by atoms with E-state index >= 15 is 0 Å². The third-order valence-corrected chi connectivity index (χ3v) is 2.94. The van der Waals surface area contributed by atoms with Crippen molar-refractivity contribution in [3.8, 4) is 11.8 Å². The molecule has 1 aromatic carbocycles. The molecule has 0 radical (unpaired) electrons. The van der Waals surface area contributed by atoms with Gasteiger partial charge in [-0.1, -0.05) is 24.0 Å². The summed E-state index contributed by atoms with van der Waals surface area (Å²) in [5.41, 5.74) is -5.02. The van der Waals surface area contributed by atoms with Gasteiger partial charge in [-0.15, -0.1) is 0 Å². The van der Waals surface area contributed by atoms with Gasteiger partial charge in [-0.25, -0.2) is 4.79 Å². The van der Waals surface area contributed by atoms with E-state index < -0.39 is 53.3 Å². The number of hydrogen-bond acceptors (Lipinski definition) is 2. The molecule has 0 spiro atoms. The molecule has 1 fully saturated rings. The number of alkyl halides is 3. The van der Waals surface area contributed by atoms with Gasteiger partial charge in [0.05, 0.1) is 11.2 Å². The summed E-state index contributed by atoms with van der Waals surface area (Å²) in [6.07, 6.45) is -5.39. The fourth-order valence-corrected chi connectivity index (χ4v) is 1.78. The number of rotatable bonds is 0. The summed E-state index contributed by atoms with van der Waals surface area (Å²) in [5.74, 6) is 4.08. The first-order chi connectivity index (χ1) is 11.1. The molecule has 1 aliphatic heterocycles. The number of hydrogen-bond donors (Lipinski definition) is 1. The largest absolute Gasteiger partial charge is 0.445 e. The molecule has 1 atom stereocenters. The SMILES string of the molecule is [2H]c1c([2H])c([2H])c2c(c1[2H])NC(=O)O[C@]2(C#CC1CC1)C(F)(F)F. The van der Waals surface area contributed by atoms with Crippen LogP contribution < -0.4 is 5.32 Å². The topological polar surface area (TPSA) is 38.3 Å². The number of carbonyl (C=O) groups excluding carboxylic acids is 1. The Kier molecular flexibility index (Phi) is 1.85. The molecule has 0 saturated heterocycles. The van der Waals surface area contributed by atoms with Gasteiger partial charge in [-0.2, -0.15) is 13.2 Å². The third kappa shape index (κ3) is 1.99. The molecular formula is C14H10F3NO2. The highest BCUT2D eigenvalue weighted by atomic mass is 19.4. The average molecular weight is 285 g/mol. The van der Waals surface area contributed by atoms with Gasteiger partial charge in [-0.3, -0.25) is 5.32 Å². The Morgan fingerprint density at radius 3 is 2.75 bits per heavy atom. The van der Waals surface area contributed by atoms with Gasteiger partial charge in [0.2, 0.25) is 0 Å². The number of ether oxygens (including phenoxy) is 1. The van der Waals surface area contributed by atoms with Crippen molar-refractivity contribution in [2.75, 3.05) is 5.32 Å². The van der Waals surface area contributed by atoms with Crippen molar-refractivity contribution in [1.82, 2.24) is 0 Å². The number of amides is 1. The van der Waals surface area contributed by atoms with Crippen LogP contribution in [0, 0.1) is 17.8 Å². The Bertz CT molecular complexity index is 811. The van der Waals surface area contributed by atoms with E-state index in [1.807, 2.05) is 11.2 Å². The Morgan fingerprint density at radius 2 is 2.10 bits per heavy atom. The number of anilines is 1. The fourth-order valence-electron chi connectivity index (χ4n) is 1.78. The highest BCUT2D eigenvalue weighted by molar-refractivity contribution is 5.89. The van der Waals surface area contributed by atoms with Crippen LogP contribution in [0.15, 0.2) is 24.2 Å². The second-order valence-corrected chi connectivity index (χ2v) is 4.49. The molecule has 6 heteroatoms. The zero-order valence-corrected chi connectivity index (χ0v) is 9.94. The lowest BCUT2D eigenvalue weighted by atomic mass is 9.90. The molecule has 0 bridgehead atoms. The molecule has 0 unspecified atom stereocenters. The monoisotopic (exact) mass is 285 g/mol. The Labute approximate surface area is 118 Å². The van der Waals surface area contributed by atoms with Crippen molar-refractivity contribution in [1.29, 1.82) is 0 Å². The van der Waals surface area contributed by atoms with Crippen LogP contribution in [0.4, 0.5) is 23.7 Å². The van der Waals surface area contributed by atoms with Crippen LogP contribution in [-0.2, 0) is 10.3 Å². The van der Waals surface area contributed by atoms with Crippen LogP contribution in [0.3, 0.4) is 0 Å². The normalized spacial score (nSPS) is 27.6. The van der Waals surface area contributed by atoms with Crippen molar-refractivity contribution in [2.24, 2.45) is 5.92 Å². The Morgan fingerprint density at radius 1 is 1.40 bits per heavy atom. The predicted molar refractivity (Wildman–Crippen MR) is 64.8 cm³/mol.